The van der Waals surface area contributed by atoms with Gasteiger partial charge < -0.3 is 4.98 Å². The fourth-order valence-electron chi connectivity index (χ4n) is 5.98. The molecule has 3 aromatic carbocycles. The number of fused-ring (bicyclic) bond motifs is 1. The number of hydrogen-bond acceptors (Lipinski definition) is 4. The SMILES string of the molecule is CC1(C(=O)Nc2ncc(-c3cccc(F)c3)[nH]2)CC2([N+](=O)[O-])c3ccccc3C1c1ccccc12. The highest BCUT2D eigenvalue weighted by Crippen LogP contribution is 2.63. The van der Waals surface area contributed by atoms with Crippen molar-refractivity contribution in [3.63, 3.8) is 0 Å². The van der Waals surface area contributed by atoms with Gasteiger partial charge in [0.25, 0.3) is 5.54 Å². The molecule has 7 rings (SSSR count). The first-order valence-electron chi connectivity index (χ1n) is 11.3. The lowest BCUT2D eigenvalue weighted by atomic mass is 9.49. The summed E-state index contributed by atoms with van der Waals surface area (Å²) in [5.74, 6) is -0.892. The van der Waals surface area contributed by atoms with E-state index in [0.717, 1.165) is 11.1 Å². The molecular formula is C27H21FN4O3. The largest absolute Gasteiger partial charge is 0.324 e. The maximum atomic E-state index is 13.8. The van der Waals surface area contributed by atoms with E-state index in [9.17, 15) is 19.3 Å². The Morgan fingerprint density at radius 3 is 2.37 bits per heavy atom. The quantitative estimate of drug-likeness (QED) is 0.316. The number of nitrogens with one attached hydrogen (secondary N) is 2. The van der Waals surface area contributed by atoms with Gasteiger partial charge in [-0.1, -0.05) is 60.7 Å². The number of halogens is 1. The molecule has 1 atom stereocenters. The Morgan fingerprint density at radius 1 is 1.09 bits per heavy atom. The van der Waals surface area contributed by atoms with Crippen molar-refractivity contribution in [1.82, 2.24) is 9.97 Å². The van der Waals surface area contributed by atoms with Crippen LogP contribution in [0.2, 0.25) is 0 Å². The molecule has 35 heavy (non-hydrogen) atoms. The molecule has 1 amide bonds. The molecule has 2 N–H and O–H groups in total. The smallest absolute Gasteiger partial charge is 0.273 e. The van der Waals surface area contributed by atoms with Crippen molar-refractivity contribution in [2.45, 2.75) is 24.8 Å². The van der Waals surface area contributed by atoms with Gasteiger partial charge in [-0.2, -0.15) is 0 Å². The maximum absolute atomic E-state index is 13.8. The highest BCUT2D eigenvalue weighted by atomic mass is 19.1. The van der Waals surface area contributed by atoms with Gasteiger partial charge in [0.1, 0.15) is 5.82 Å². The number of rotatable bonds is 4. The minimum atomic E-state index is -1.52. The van der Waals surface area contributed by atoms with Crippen LogP contribution in [0.15, 0.2) is 79.0 Å². The predicted molar refractivity (Wildman–Crippen MR) is 128 cm³/mol. The molecule has 0 radical (unpaired) electrons. The van der Waals surface area contributed by atoms with Crippen molar-refractivity contribution in [1.29, 1.82) is 0 Å². The first kappa shape index (κ1) is 21.2. The second-order valence-corrected chi connectivity index (χ2v) is 9.43. The van der Waals surface area contributed by atoms with Crippen molar-refractivity contribution >= 4 is 11.9 Å². The number of nitro groups is 1. The van der Waals surface area contributed by atoms with Crippen LogP contribution in [0.5, 0.6) is 0 Å². The van der Waals surface area contributed by atoms with Crippen LogP contribution in [0.1, 0.15) is 41.5 Å². The summed E-state index contributed by atoms with van der Waals surface area (Å²) >= 11 is 0. The number of aromatic amines is 1. The number of imidazole rings is 1. The van der Waals surface area contributed by atoms with E-state index in [1.54, 1.807) is 31.2 Å². The normalized spacial score (nSPS) is 23.9. The highest BCUT2D eigenvalue weighted by molar-refractivity contribution is 5.96. The van der Waals surface area contributed by atoms with Crippen molar-refractivity contribution in [2.24, 2.45) is 5.41 Å². The maximum Gasteiger partial charge on any atom is 0.273 e. The van der Waals surface area contributed by atoms with E-state index < -0.39 is 11.0 Å². The van der Waals surface area contributed by atoms with Gasteiger partial charge in [-0.3, -0.25) is 20.2 Å². The highest BCUT2D eigenvalue weighted by Gasteiger charge is 2.67. The Kier molecular flexibility index (Phi) is 4.45. The Labute approximate surface area is 200 Å². The number of hydrogen-bond donors (Lipinski definition) is 2. The Balaban J connectivity index is 1.43. The fourth-order valence-corrected chi connectivity index (χ4v) is 5.98. The molecule has 4 aromatic rings. The van der Waals surface area contributed by atoms with Crippen LogP contribution in [-0.2, 0) is 10.3 Å². The third-order valence-corrected chi connectivity index (χ3v) is 7.47. The number of benzene rings is 3. The van der Waals surface area contributed by atoms with Gasteiger partial charge in [0, 0.05) is 34.0 Å². The first-order valence-corrected chi connectivity index (χ1v) is 11.3. The second-order valence-electron chi connectivity index (χ2n) is 9.43. The van der Waals surface area contributed by atoms with E-state index in [4.69, 9.17) is 0 Å². The molecule has 1 aromatic heterocycles. The van der Waals surface area contributed by atoms with Crippen molar-refractivity contribution < 1.29 is 14.1 Å². The monoisotopic (exact) mass is 468 g/mol. The number of nitrogens with zero attached hydrogens (tertiary/aromatic N) is 2. The summed E-state index contributed by atoms with van der Waals surface area (Å²) in [7, 11) is 0. The average molecular weight is 468 g/mol. The lowest BCUT2D eigenvalue weighted by Gasteiger charge is -2.52. The molecule has 3 aliphatic carbocycles. The van der Waals surface area contributed by atoms with E-state index in [-0.39, 0.29) is 34.9 Å². The Morgan fingerprint density at radius 2 is 1.74 bits per heavy atom. The van der Waals surface area contributed by atoms with E-state index in [2.05, 4.69) is 15.3 Å². The van der Waals surface area contributed by atoms with E-state index >= 15 is 0 Å². The summed E-state index contributed by atoms with van der Waals surface area (Å²) in [5.41, 5.74) is 1.39. The molecule has 174 valence electrons. The minimum absolute atomic E-state index is 0.0228. The molecule has 0 saturated carbocycles. The molecule has 0 spiro atoms. The molecule has 3 aliphatic rings. The van der Waals surface area contributed by atoms with Crippen molar-refractivity contribution in [3.05, 3.63) is 117 Å². The third-order valence-electron chi connectivity index (χ3n) is 7.47. The zero-order chi connectivity index (χ0) is 24.4. The van der Waals surface area contributed by atoms with Crippen LogP contribution in [0.4, 0.5) is 10.3 Å². The van der Waals surface area contributed by atoms with Gasteiger partial charge >= 0.3 is 0 Å². The molecular weight excluding hydrogens is 447 g/mol. The van der Waals surface area contributed by atoms with Gasteiger partial charge in [0.15, 0.2) is 0 Å². The standard InChI is InChI=1S/C27H21FN4O3/c1-26(24(33)31-25-29-14-22(30-25)16-7-6-8-17(28)13-16)15-27(32(34)35)20-11-4-2-9-18(20)23(26)19-10-3-5-12-21(19)27/h2-14,23H,15H2,1H3,(H2,29,30,31,33). The van der Waals surface area contributed by atoms with Crippen LogP contribution in [0.25, 0.3) is 11.3 Å². The summed E-state index contributed by atoms with van der Waals surface area (Å²) in [5, 5.41) is 15.6. The fraction of sp³-hybridized carbons (Fsp3) is 0.185. The predicted octanol–water partition coefficient (Wildman–Crippen LogP) is 5.23. The molecule has 0 fully saturated rings. The molecule has 0 aliphatic heterocycles. The molecule has 0 saturated heterocycles. The van der Waals surface area contributed by atoms with Crippen LogP contribution in [0.3, 0.4) is 0 Å². The van der Waals surface area contributed by atoms with Crippen LogP contribution in [0, 0.1) is 21.3 Å². The van der Waals surface area contributed by atoms with Crippen molar-refractivity contribution in [3.8, 4) is 11.3 Å². The summed E-state index contributed by atoms with van der Waals surface area (Å²) < 4.78 is 13.6. The van der Waals surface area contributed by atoms with E-state index in [1.807, 2.05) is 36.4 Å². The van der Waals surface area contributed by atoms with Gasteiger partial charge in [0.2, 0.25) is 11.9 Å². The molecule has 1 unspecified atom stereocenters. The average Bonchev–Trinajstić information content (AvgIpc) is 3.32. The van der Waals surface area contributed by atoms with Gasteiger partial charge in [-0.05, 0) is 30.2 Å². The Hall–Kier alpha value is -4.33. The second kappa shape index (κ2) is 7.33. The van der Waals surface area contributed by atoms with Crippen LogP contribution < -0.4 is 5.32 Å². The lowest BCUT2D eigenvalue weighted by Crippen LogP contribution is -2.57. The number of H-pyrrole nitrogens is 1. The molecule has 8 heteroatoms. The topological polar surface area (TPSA) is 101 Å². The Bertz CT molecular complexity index is 1470. The number of carbonyl (C=O) groups excluding carboxylic acids is 1. The van der Waals surface area contributed by atoms with Gasteiger partial charge in [0.05, 0.1) is 17.3 Å². The van der Waals surface area contributed by atoms with Gasteiger partial charge in [-0.15, -0.1) is 0 Å². The van der Waals surface area contributed by atoms with Gasteiger partial charge in [-0.25, -0.2) is 9.37 Å². The zero-order valence-electron chi connectivity index (χ0n) is 18.8. The van der Waals surface area contributed by atoms with E-state index in [0.29, 0.717) is 22.4 Å². The third kappa shape index (κ3) is 2.89. The number of amides is 1. The summed E-state index contributed by atoms with van der Waals surface area (Å²) in [6.45, 7) is 1.79. The van der Waals surface area contributed by atoms with Crippen LogP contribution >= 0.6 is 0 Å². The van der Waals surface area contributed by atoms with Crippen molar-refractivity contribution in [2.75, 3.05) is 5.32 Å². The molecule has 2 bridgehead atoms. The lowest BCUT2D eigenvalue weighted by molar-refractivity contribution is -0.573. The summed E-state index contributed by atoms with van der Waals surface area (Å²) in [6.07, 6.45) is 1.54. The van der Waals surface area contributed by atoms with Crippen LogP contribution in [-0.4, -0.2) is 20.8 Å². The number of aromatic nitrogens is 2. The number of anilines is 1. The first-order chi connectivity index (χ1) is 16.8. The minimum Gasteiger partial charge on any atom is -0.324 e. The zero-order valence-corrected chi connectivity index (χ0v) is 18.8. The number of carbonyl (C=O) groups is 1. The van der Waals surface area contributed by atoms with E-state index in [1.165, 1.54) is 18.3 Å². The summed E-state index contributed by atoms with van der Waals surface area (Å²) in [4.78, 5) is 33.6. The molecule has 1 heterocycles. The summed E-state index contributed by atoms with van der Waals surface area (Å²) in [6, 6.07) is 20.7. The molecule has 7 nitrogen and oxygen atoms in total.